The SMILES string of the molecule is CC1C=NNC(Cc2ccc(O)c3c2cnn3COCC[Si](C)(C)C)C1. The predicted octanol–water partition coefficient (Wildman–Crippen LogP) is 3.58. The summed E-state index contributed by atoms with van der Waals surface area (Å²) >= 11 is 0. The quantitative estimate of drug-likeness (QED) is 0.574. The van der Waals surface area contributed by atoms with E-state index in [1.54, 1.807) is 10.7 Å². The summed E-state index contributed by atoms with van der Waals surface area (Å²) in [5, 5.41) is 20.0. The number of ether oxygens (including phenoxy) is 1. The molecule has 0 fully saturated rings. The smallest absolute Gasteiger partial charge is 0.141 e. The van der Waals surface area contributed by atoms with Crippen molar-refractivity contribution in [1.29, 1.82) is 0 Å². The number of fused-ring (bicyclic) bond motifs is 1. The molecule has 1 aromatic heterocycles. The van der Waals surface area contributed by atoms with Gasteiger partial charge in [-0.1, -0.05) is 32.6 Å². The summed E-state index contributed by atoms with van der Waals surface area (Å²) in [4.78, 5) is 0. The first kappa shape index (κ1) is 18.9. The van der Waals surface area contributed by atoms with Gasteiger partial charge in [0.2, 0.25) is 0 Å². The van der Waals surface area contributed by atoms with Crippen molar-refractivity contribution in [1.82, 2.24) is 15.2 Å². The molecular weight excluding hydrogens is 344 g/mol. The van der Waals surface area contributed by atoms with Crippen LogP contribution in [0.25, 0.3) is 10.9 Å². The number of hydrazone groups is 1. The summed E-state index contributed by atoms with van der Waals surface area (Å²) in [5.74, 6) is 0.731. The minimum Gasteiger partial charge on any atom is -0.506 e. The zero-order valence-corrected chi connectivity index (χ0v) is 17.2. The fraction of sp³-hybridized carbons (Fsp3) is 0.579. The molecule has 26 heavy (non-hydrogen) atoms. The number of nitrogens with one attached hydrogen (secondary N) is 1. The van der Waals surface area contributed by atoms with Crippen molar-refractivity contribution in [3.05, 3.63) is 23.9 Å². The second kappa shape index (κ2) is 7.80. The molecule has 2 unspecified atom stereocenters. The van der Waals surface area contributed by atoms with E-state index in [4.69, 9.17) is 4.74 Å². The summed E-state index contributed by atoms with van der Waals surface area (Å²) in [5.41, 5.74) is 5.13. The monoisotopic (exact) mass is 374 g/mol. The third-order valence-corrected chi connectivity index (χ3v) is 6.49. The molecule has 2 aromatic rings. The van der Waals surface area contributed by atoms with Gasteiger partial charge in [-0.2, -0.15) is 10.2 Å². The maximum atomic E-state index is 10.4. The molecule has 0 saturated heterocycles. The van der Waals surface area contributed by atoms with Crippen LogP contribution in [0, 0.1) is 5.92 Å². The van der Waals surface area contributed by atoms with E-state index in [1.165, 1.54) is 5.56 Å². The van der Waals surface area contributed by atoms with Gasteiger partial charge in [-0.05, 0) is 36.4 Å². The molecule has 7 heteroatoms. The maximum Gasteiger partial charge on any atom is 0.141 e. The average molecular weight is 375 g/mol. The topological polar surface area (TPSA) is 71.7 Å². The molecular formula is C19H30N4O2Si. The van der Waals surface area contributed by atoms with Crippen LogP contribution >= 0.6 is 0 Å². The molecule has 6 nitrogen and oxygen atoms in total. The molecule has 2 heterocycles. The number of aromatic nitrogens is 2. The maximum absolute atomic E-state index is 10.4. The zero-order valence-electron chi connectivity index (χ0n) is 16.2. The van der Waals surface area contributed by atoms with E-state index in [-0.39, 0.29) is 5.75 Å². The highest BCUT2D eigenvalue weighted by molar-refractivity contribution is 6.76. The molecule has 0 bridgehead atoms. The van der Waals surface area contributed by atoms with Crippen molar-refractivity contribution in [3.8, 4) is 5.75 Å². The van der Waals surface area contributed by atoms with Gasteiger partial charge >= 0.3 is 0 Å². The Balaban J connectivity index is 1.73. The number of hydrogen-bond donors (Lipinski definition) is 2. The Labute approximate surface area is 156 Å². The molecule has 0 radical (unpaired) electrons. The predicted molar refractivity (Wildman–Crippen MR) is 108 cm³/mol. The molecule has 2 atom stereocenters. The lowest BCUT2D eigenvalue weighted by Gasteiger charge is -2.23. The molecule has 1 aliphatic heterocycles. The molecule has 142 valence electrons. The van der Waals surface area contributed by atoms with Crippen molar-refractivity contribution in [2.24, 2.45) is 11.0 Å². The number of rotatable bonds is 7. The van der Waals surface area contributed by atoms with Gasteiger partial charge < -0.3 is 15.3 Å². The van der Waals surface area contributed by atoms with Crippen molar-refractivity contribution in [3.63, 3.8) is 0 Å². The summed E-state index contributed by atoms with van der Waals surface area (Å²) in [6.07, 6.45) is 5.71. The van der Waals surface area contributed by atoms with Gasteiger partial charge in [-0.3, -0.25) is 0 Å². The number of aromatic hydroxyl groups is 1. The van der Waals surface area contributed by atoms with Crippen molar-refractivity contribution in [2.45, 2.75) is 58.2 Å². The summed E-state index contributed by atoms with van der Waals surface area (Å²) in [6, 6.07) is 5.17. The normalized spacial score (nSPS) is 20.5. The highest BCUT2D eigenvalue weighted by atomic mass is 28.3. The van der Waals surface area contributed by atoms with Gasteiger partial charge in [0.05, 0.1) is 6.20 Å². The molecule has 1 aromatic carbocycles. The van der Waals surface area contributed by atoms with E-state index in [0.717, 1.165) is 36.4 Å². The first-order valence-corrected chi connectivity index (χ1v) is 13.1. The zero-order chi connectivity index (χ0) is 18.7. The lowest BCUT2D eigenvalue weighted by molar-refractivity contribution is 0.0814. The second-order valence-electron chi connectivity index (χ2n) is 8.52. The van der Waals surface area contributed by atoms with Crippen LogP contribution in [0.5, 0.6) is 5.75 Å². The summed E-state index contributed by atoms with van der Waals surface area (Å²) < 4.78 is 7.57. The number of phenolic OH excluding ortho intramolecular Hbond substituents is 1. The molecule has 0 spiro atoms. The average Bonchev–Trinajstić information content (AvgIpc) is 2.99. The van der Waals surface area contributed by atoms with Gasteiger partial charge in [-0.25, -0.2) is 4.68 Å². The van der Waals surface area contributed by atoms with Crippen LogP contribution in [0.15, 0.2) is 23.4 Å². The number of benzene rings is 1. The lowest BCUT2D eigenvalue weighted by atomic mass is 9.95. The van der Waals surface area contributed by atoms with Gasteiger partial charge in [0.25, 0.3) is 0 Å². The fourth-order valence-corrected chi connectivity index (χ4v) is 4.03. The van der Waals surface area contributed by atoms with E-state index in [1.807, 2.05) is 18.5 Å². The van der Waals surface area contributed by atoms with Crippen LogP contribution in [0.4, 0.5) is 0 Å². The standard InChI is InChI=1S/C19H30N4O2Si/c1-14-9-16(22-20-11-14)10-15-5-6-18(24)19-17(15)12-21-23(19)13-25-7-8-26(2,3)4/h5-6,11-12,14,16,22,24H,7-10,13H2,1-4H3. The molecule has 3 rings (SSSR count). The van der Waals surface area contributed by atoms with Crippen molar-refractivity contribution < 1.29 is 9.84 Å². The third kappa shape index (κ3) is 4.65. The third-order valence-electron chi connectivity index (χ3n) is 4.79. The Hall–Kier alpha value is -1.86. The largest absolute Gasteiger partial charge is 0.506 e. The molecule has 0 aliphatic carbocycles. The Morgan fingerprint density at radius 3 is 2.88 bits per heavy atom. The van der Waals surface area contributed by atoms with E-state index in [0.29, 0.717) is 18.7 Å². The van der Waals surface area contributed by atoms with E-state index in [2.05, 4.69) is 42.2 Å². The van der Waals surface area contributed by atoms with Crippen LogP contribution in [-0.2, 0) is 17.9 Å². The lowest BCUT2D eigenvalue weighted by Crippen LogP contribution is -2.33. The summed E-state index contributed by atoms with van der Waals surface area (Å²) in [7, 11) is -1.11. The number of nitrogens with zero attached hydrogens (tertiary/aromatic N) is 3. The molecule has 1 aliphatic rings. The van der Waals surface area contributed by atoms with Gasteiger partial charge in [-0.15, -0.1) is 0 Å². The summed E-state index contributed by atoms with van der Waals surface area (Å²) in [6.45, 7) is 10.3. The minimum atomic E-state index is -1.11. The number of phenols is 1. The number of hydrogen-bond acceptors (Lipinski definition) is 5. The van der Waals surface area contributed by atoms with Crippen LogP contribution in [0.1, 0.15) is 18.9 Å². The molecule has 2 N–H and O–H groups in total. The van der Waals surface area contributed by atoms with E-state index in [9.17, 15) is 5.11 Å². The minimum absolute atomic E-state index is 0.248. The second-order valence-corrected chi connectivity index (χ2v) is 14.1. The van der Waals surface area contributed by atoms with Crippen LogP contribution < -0.4 is 5.43 Å². The van der Waals surface area contributed by atoms with Gasteiger partial charge in [0, 0.05) is 32.3 Å². The molecule has 0 amide bonds. The first-order valence-electron chi connectivity index (χ1n) is 9.36. The fourth-order valence-electron chi connectivity index (χ4n) is 3.28. The van der Waals surface area contributed by atoms with Crippen LogP contribution in [0.3, 0.4) is 0 Å². The van der Waals surface area contributed by atoms with Crippen LogP contribution in [-0.4, -0.2) is 41.8 Å². The Morgan fingerprint density at radius 1 is 1.35 bits per heavy atom. The van der Waals surface area contributed by atoms with Gasteiger partial charge in [0.1, 0.15) is 18.0 Å². The molecule has 0 saturated carbocycles. The Kier molecular flexibility index (Phi) is 5.67. The van der Waals surface area contributed by atoms with Gasteiger partial charge in [0.15, 0.2) is 0 Å². The Bertz CT molecular complexity index is 782. The van der Waals surface area contributed by atoms with Crippen molar-refractivity contribution >= 4 is 25.2 Å². The first-order chi connectivity index (χ1) is 12.3. The Morgan fingerprint density at radius 2 is 2.15 bits per heavy atom. The highest BCUT2D eigenvalue weighted by Gasteiger charge is 2.19. The van der Waals surface area contributed by atoms with Crippen molar-refractivity contribution in [2.75, 3.05) is 6.61 Å². The highest BCUT2D eigenvalue weighted by Crippen LogP contribution is 2.29. The van der Waals surface area contributed by atoms with Crippen LogP contribution in [0.2, 0.25) is 25.7 Å². The van der Waals surface area contributed by atoms with E-state index >= 15 is 0 Å². The van der Waals surface area contributed by atoms with E-state index < -0.39 is 8.07 Å².